The van der Waals surface area contributed by atoms with Crippen molar-refractivity contribution in [1.29, 1.82) is 0 Å². The maximum absolute atomic E-state index is 12.6. The number of amides is 1. The third-order valence-corrected chi connectivity index (χ3v) is 6.06. The van der Waals surface area contributed by atoms with Gasteiger partial charge in [0.05, 0.1) is 17.6 Å². The zero-order valence-corrected chi connectivity index (χ0v) is 17.2. The summed E-state index contributed by atoms with van der Waals surface area (Å²) in [6.45, 7) is 0.444. The second kappa shape index (κ2) is 8.04. The molecular weight excluding hydrogens is 407 g/mol. The van der Waals surface area contributed by atoms with E-state index in [0.717, 1.165) is 47.3 Å². The Bertz CT molecular complexity index is 1040. The van der Waals surface area contributed by atoms with Crippen molar-refractivity contribution >= 4 is 52.3 Å². The highest BCUT2D eigenvalue weighted by Crippen LogP contribution is 2.23. The lowest BCUT2D eigenvalue weighted by atomic mass is 10.0. The van der Waals surface area contributed by atoms with Gasteiger partial charge in [0, 0.05) is 22.6 Å². The molecule has 27 heavy (non-hydrogen) atoms. The summed E-state index contributed by atoms with van der Waals surface area (Å²) in [5.41, 5.74) is 2.70. The molecule has 0 radical (unpaired) electrons. The minimum atomic E-state index is -0.100. The number of thiazole rings is 1. The number of imidazole rings is 1. The van der Waals surface area contributed by atoms with Gasteiger partial charge in [-0.2, -0.15) is 0 Å². The minimum absolute atomic E-state index is 0. The molecule has 1 aliphatic rings. The molecule has 2 aromatic heterocycles. The van der Waals surface area contributed by atoms with Gasteiger partial charge in [-0.25, -0.2) is 4.98 Å². The highest BCUT2D eigenvalue weighted by atomic mass is 35.5. The number of aromatic amines is 1. The van der Waals surface area contributed by atoms with Crippen molar-refractivity contribution in [3.8, 4) is 0 Å². The van der Waals surface area contributed by atoms with E-state index >= 15 is 0 Å². The monoisotopic (exact) mass is 426 g/mol. The summed E-state index contributed by atoms with van der Waals surface area (Å²) in [7, 11) is 1.73. The summed E-state index contributed by atoms with van der Waals surface area (Å²) in [5, 5.41) is 0.638. The fraction of sp³-hybridized carbons (Fsp3) is 0.389. The number of rotatable bonds is 4. The molecule has 0 spiro atoms. The van der Waals surface area contributed by atoms with Crippen molar-refractivity contribution in [2.24, 2.45) is 0 Å². The average molecular weight is 427 g/mol. The largest absolute Gasteiger partial charge is 0.340 e. The number of benzene rings is 1. The van der Waals surface area contributed by atoms with Gasteiger partial charge in [-0.1, -0.05) is 22.9 Å². The van der Waals surface area contributed by atoms with Gasteiger partial charge in [0.1, 0.15) is 12.4 Å². The van der Waals surface area contributed by atoms with Crippen molar-refractivity contribution in [3.63, 3.8) is 0 Å². The first-order valence-corrected chi connectivity index (χ1v) is 9.80. The van der Waals surface area contributed by atoms with E-state index in [0.29, 0.717) is 17.4 Å². The summed E-state index contributed by atoms with van der Waals surface area (Å²) in [6.07, 6.45) is 4.04. The Hall–Kier alpha value is -1.83. The van der Waals surface area contributed by atoms with Gasteiger partial charge in [-0.3, -0.25) is 14.2 Å². The van der Waals surface area contributed by atoms with Gasteiger partial charge in [0.15, 0.2) is 0 Å². The number of fused-ring (bicyclic) bond motifs is 2. The van der Waals surface area contributed by atoms with Gasteiger partial charge >= 0.3 is 4.87 Å². The van der Waals surface area contributed by atoms with Crippen LogP contribution in [0.5, 0.6) is 0 Å². The maximum Gasteiger partial charge on any atom is 0.308 e. The Morgan fingerprint density at radius 3 is 2.96 bits per heavy atom. The van der Waals surface area contributed by atoms with E-state index in [2.05, 4.69) is 9.97 Å². The van der Waals surface area contributed by atoms with E-state index in [4.69, 9.17) is 11.6 Å². The SMILES string of the molecule is CN(Cc1nc2ccc(Cl)cc2[nH]1)C(=O)Cn1c2c(sc1=O)CCCC2.Cl. The van der Waals surface area contributed by atoms with Crippen LogP contribution >= 0.6 is 35.3 Å². The van der Waals surface area contributed by atoms with Crippen molar-refractivity contribution in [3.05, 3.63) is 49.3 Å². The molecule has 0 atom stereocenters. The van der Waals surface area contributed by atoms with Crippen LogP contribution in [0.3, 0.4) is 0 Å². The predicted molar refractivity (Wildman–Crippen MR) is 110 cm³/mol. The zero-order chi connectivity index (χ0) is 18.3. The number of nitrogens with one attached hydrogen (secondary N) is 1. The second-order valence-electron chi connectivity index (χ2n) is 6.63. The molecular formula is C18H20Cl2N4O2S. The molecule has 6 nitrogen and oxygen atoms in total. The van der Waals surface area contributed by atoms with Gasteiger partial charge in [-0.05, 0) is 43.9 Å². The topological polar surface area (TPSA) is 71.0 Å². The Labute approximate surface area is 171 Å². The lowest BCUT2D eigenvalue weighted by Gasteiger charge is -2.18. The number of H-pyrrole nitrogens is 1. The number of carbonyl (C=O) groups is 1. The van der Waals surface area contributed by atoms with Crippen LogP contribution in [0.2, 0.25) is 5.02 Å². The zero-order valence-electron chi connectivity index (χ0n) is 14.8. The van der Waals surface area contributed by atoms with Crippen LogP contribution in [-0.2, 0) is 30.7 Å². The molecule has 1 amide bonds. The van der Waals surface area contributed by atoms with Crippen molar-refractivity contribution in [2.75, 3.05) is 7.05 Å². The maximum atomic E-state index is 12.6. The summed E-state index contributed by atoms with van der Waals surface area (Å²) in [4.78, 5) is 35.3. The molecule has 1 aromatic carbocycles. The molecule has 1 N–H and O–H groups in total. The molecule has 4 rings (SSSR count). The minimum Gasteiger partial charge on any atom is -0.340 e. The third-order valence-electron chi connectivity index (χ3n) is 4.75. The van der Waals surface area contributed by atoms with Gasteiger partial charge in [0.25, 0.3) is 0 Å². The van der Waals surface area contributed by atoms with Crippen LogP contribution < -0.4 is 4.87 Å². The highest BCUT2D eigenvalue weighted by molar-refractivity contribution is 7.09. The molecule has 144 valence electrons. The Kier molecular flexibility index (Phi) is 5.93. The molecule has 0 fully saturated rings. The number of hydrogen-bond acceptors (Lipinski definition) is 4. The molecule has 0 saturated heterocycles. The second-order valence-corrected chi connectivity index (χ2v) is 8.11. The average Bonchev–Trinajstić information content (AvgIpc) is 3.14. The van der Waals surface area contributed by atoms with Gasteiger partial charge in [0.2, 0.25) is 5.91 Å². The molecule has 1 aliphatic carbocycles. The normalized spacial score (nSPS) is 13.3. The van der Waals surface area contributed by atoms with E-state index in [1.54, 1.807) is 22.6 Å². The summed E-state index contributed by atoms with van der Waals surface area (Å²) < 4.78 is 1.65. The fourth-order valence-corrected chi connectivity index (χ4v) is 4.61. The predicted octanol–water partition coefficient (Wildman–Crippen LogP) is 3.40. The number of likely N-dealkylation sites (N-methyl/N-ethyl adjacent to an activating group) is 1. The van der Waals surface area contributed by atoms with Gasteiger partial charge < -0.3 is 9.88 Å². The molecule has 2 heterocycles. The molecule has 0 unspecified atom stereocenters. The van der Waals surface area contributed by atoms with Crippen LogP contribution in [0.4, 0.5) is 0 Å². The first-order chi connectivity index (χ1) is 12.5. The van der Waals surface area contributed by atoms with E-state index in [1.165, 1.54) is 11.3 Å². The fourth-order valence-electron chi connectivity index (χ4n) is 3.37. The van der Waals surface area contributed by atoms with Crippen molar-refractivity contribution < 1.29 is 4.79 Å². The van der Waals surface area contributed by atoms with Crippen molar-refractivity contribution in [2.45, 2.75) is 38.8 Å². The summed E-state index contributed by atoms with van der Waals surface area (Å²) in [5.74, 6) is 0.592. The van der Waals surface area contributed by atoms with Crippen LogP contribution in [0.15, 0.2) is 23.0 Å². The quantitative estimate of drug-likeness (QED) is 0.694. The van der Waals surface area contributed by atoms with Crippen LogP contribution in [0.25, 0.3) is 11.0 Å². The molecule has 0 saturated carbocycles. The number of aryl methyl sites for hydroxylation is 1. The lowest BCUT2D eigenvalue weighted by molar-refractivity contribution is -0.131. The van der Waals surface area contributed by atoms with E-state index in [9.17, 15) is 9.59 Å². The highest BCUT2D eigenvalue weighted by Gasteiger charge is 2.21. The van der Waals surface area contributed by atoms with Gasteiger partial charge in [-0.15, -0.1) is 12.4 Å². The third kappa shape index (κ3) is 4.05. The first-order valence-electron chi connectivity index (χ1n) is 8.61. The Morgan fingerprint density at radius 1 is 1.37 bits per heavy atom. The number of aromatic nitrogens is 3. The molecule has 0 aliphatic heterocycles. The molecule has 0 bridgehead atoms. The van der Waals surface area contributed by atoms with Crippen LogP contribution in [0.1, 0.15) is 29.2 Å². The van der Waals surface area contributed by atoms with E-state index < -0.39 is 0 Å². The standard InChI is InChI=1S/C18H19ClN4O2S.ClH/c1-22(9-16-20-12-7-6-11(19)8-13(12)21-16)17(24)10-23-14-4-2-3-5-15(14)26-18(23)25;/h6-8H,2-5,9-10H2,1H3,(H,20,21);1H. The first kappa shape index (κ1) is 19.9. The van der Waals surface area contributed by atoms with Crippen LogP contribution in [-0.4, -0.2) is 32.4 Å². The van der Waals surface area contributed by atoms with E-state index in [-0.39, 0.29) is 29.7 Å². The summed E-state index contributed by atoms with van der Waals surface area (Å²) >= 11 is 7.28. The Balaban J connectivity index is 0.00000210. The smallest absolute Gasteiger partial charge is 0.308 e. The Morgan fingerprint density at radius 2 is 2.15 bits per heavy atom. The number of nitrogens with zero attached hydrogens (tertiary/aromatic N) is 3. The number of hydrogen-bond donors (Lipinski definition) is 1. The lowest BCUT2D eigenvalue weighted by Crippen LogP contribution is -2.33. The van der Waals surface area contributed by atoms with E-state index in [1.807, 2.05) is 12.1 Å². The molecule has 3 aromatic rings. The molecule has 9 heteroatoms. The van der Waals surface area contributed by atoms with Crippen molar-refractivity contribution in [1.82, 2.24) is 19.4 Å². The van der Waals surface area contributed by atoms with Crippen LogP contribution in [0, 0.1) is 0 Å². The summed E-state index contributed by atoms with van der Waals surface area (Å²) in [6, 6.07) is 5.44. The number of carbonyl (C=O) groups excluding carboxylic acids is 1. The number of halogens is 2.